The molecule has 20 heavy (non-hydrogen) atoms. The van der Waals surface area contributed by atoms with Gasteiger partial charge < -0.3 is 14.4 Å². The van der Waals surface area contributed by atoms with E-state index in [-0.39, 0.29) is 5.41 Å². The number of nitrogens with zero attached hydrogens (tertiary/aromatic N) is 2. The van der Waals surface area contributed by atoms with Gasteiger partial charge in [0.05, 0.1) is 13.3 Å². The molecule has 0 aromatic heterocycles. The van der Waals surface area contributed by atoms with Crippen LogP contribution in [0, 0.1) is 0 Å². The van der Waals surface area contributed by atoms with Crippen LogP contribution in [0.4, 0.5) is 10.5 Å². The minimum atomic E-state index is -0.679. The van der Waals surface area contributed by atoms with E-state index in [1.165, 1.54) is 18.4 Å². The molecule has 0 amide bonds. The summed E-state index contributed by atoms with van der Waals surface area (Å²) in [5.74, 6) is 0.542. The Morgan fingerprint density at radius 1 is 1.40 bits per heavy atom. The molecule has 0 saturated carbocycles. The Balaban J connectivity index is 2.00. The predicted molar refractivity (Wildman–Crippen MR) is 76.3 cm³/mol. The Labute approximate surface area is 119 Å². The zero-order chi connectivity index (χ0) is 14.5. The van der Waals surface area contributed by atoms with Crippen molar-refractivity contribution < 1.29 is 14.3 Å². The van der Waals surface area contributed by atoms with E-state index in [4.69, 9.17) is 4.74 Å². The minimum absolute atomic E-state index is 0.0777. The standard InChI is InChI=1S/C15H20N2O3/c1-15-7-8-16(2)13(15)17(3)12-6-5-10(9-11(12)15)20-14(18)19-4/h5-6,9,13H,7-8H2,1-4H3/t13?,15-/m0/s1. The lowest BCUT2D eigenvalue weighted by Gasteiger charge is -2.32. The summed E-state index contributed by atoms with van der Waals surface area (Å²) < 4.78 is 9.69. The Hall–Kier alpha value is -1.75. The van der Waals surface area contributed by atoms with E-state index in [0.717, 1.165) is 13.0 Å². The molecule has 3 rings (SSSR count). The summed E-state index contributed by atoms with van der Waals surface area (Å²) in [7, 11) is 5.59. The van der Waals surface area contributed by atoms with Gasteiger partial charge in [0, 0.05) is 24.7 Å². The van der Waals surface area contributed by atoms with Crippen LogP contribution in [0.25, 0.3) is 0 Å². The molecule has 2 aliphatic heterocycles. The van der Waals surface area contributed by atoms with Gasteiger partial charge in [0.1, 0.15) is 5.75 Å². The monoisotopic (exact) mass is 276 g/mol. The summed E-state index contributed by atoms with van der Waals surface area (Å²) >= 11 is 0. The minimum Gasteiger partial charge on any atom is -0.437 e. The highest BCUT2D eigenvalue weighted by Crippen LogP contribution is 2.51. The van der Waals surface area contributed by atoms with Crippen molar-refractivity contribution in [2.45, 2.75) is 24.9 Å². The summed E-state index contributed by atoms with van der Waals surface area (Å²) in [6.45, 7) is 3.36. The molecule has 0 N–H and O–H groups in total. The molecule has 0 spiro atoms. The maximum Gasteiger partial charge on any atom is 0.513 e. The third-order valence-corrected chi connectivity index (χ3v) is 4.67. The molecule has 2 atom stereocenters. The average Bonchev–Trinajstić information content (AvgIpc) is 2.85. The van der Waals surface area contributed by atoms with Gasteiger partial charge in [0.25, 0.3) is 0 Å². The van der Waals surface area contributed by atoms with E-state index in [2.05, 4.69) is 35.6 Å². The number of carbonyl (C=O) groups excluding carboxylic acids is 1. The smallest absolute Gasteiger partial charge is 0.437 e. The number of hydrogen-bond acceptors (Lipinski definition) is 5. The second-order valence-corrected chi connectivity index (χ2v) is 5.87. The number of ether oxygens (including phenoxy) is 2. The molecule has 1 saturated heterocycles. The number of anilines is 1. The van der Waals surface area contributed by atoms with E-state index >= 15 is 0 Å². The Morgan fingerprint density at radius 2 is 2.15 bits per heavy atom. The number of methoxy groups -OCH3 is 1. The summed E-state index contributed by atoms with van der Waals surface area (Å²) in [6, 6.07) is 5.81. The molecule has 108 valence electrons. The topological polar surface area (TPSA) is 42.0 Å². The first-order valence-corrected chi connectivity index (χ1v) is 6.81. The van der Waals surface area contributed by atoms with E-state index in [1.807, 2.05) is 18.2 Å². The fourth-order valence-corrected chi connectivity index (χ4v) is 3.76. The highest BCUT2D eigenvalue weighted by atomic mass is 16.7. The van der Waals surface area contributed by atoms with Crippen LogP contribution in [0.2, 0.25) is 0 Å². The summed E-state index contributed by atoms with van der Waals surface area (Å²) in [5, 5.41) is 0. The molecule has 5 heteroatoms. The van der Waals surface area contributed by atoms with Crippen molar-refractivity contribution in [3.8, 4) is 5.75 Å². The van der Waals surface area contributed by atoms with Crippen molar-refractivity contribution in [1.82, 2.24) is 4.90 Å². The van der Waals surface area contributed by atoms with Gasteiger partial charge in [-0.1, -0.05) is 6.92 Å². The Morgan fingerprint density at radius 3 is 2.85 bits per heavy atom. The van der Waals surface area contributed by atoms with Gasteiger partial charge in [-0.3, -0.25) is 4.90 Å². The third kappa shape index (κ3) is 1.69. The second kappa shape index (κ2) is 4.38. The van der Waals surface area contributed by atoms with Gasteiger partial charge in [-0.15, -0.1) is 0 Å². The number of benzene rings is 1. The fraction of sp³-hybridized carbons (Fsp3) is 0.533. The molecule has 2 heterocycles. The van der Waals surface area contributed by atoms with Crippen LogP contribution in [0.3, 0.4) is 0 Å². The highest BCUT2D eigenvalue weighted by molar-refractivity contribution is 5.69. The van der Waals surface area contributed by atoms with Crippen molar-refractivity contribution >= 4 is 11.8 Å². The van der Waals surface area contributed by atoms with Crippen LogP contribution < -0.4 is 9.64 Å². The van der Waals surface area contributed by atoms with Crippen molar-refractivity contribution in [2.75, 3.05) is 32.6 Å². The summed E-state index contributed by atoms with van der Waals surface area (Å²) in [4.78, 5) is 15.9. The largest absolute Gasteiger partial charge is 0.513 e. The van der Waals surface area contributed by atoms with Crippen LogP contribution in [-0.2, 0) is 10.2 Å². The molecule has 1 aromatic carbocycles. The van der Waals surface area contributed by atoms with Crippen molar-refractivity contribution in [3.63, 3.8) is 0 Å². The van der Waals surface area contributed by atoms with Crippen molar-refractivity contribution in [2.24, 2.45) is 0 Å². The molecule has 1 fully saturated rings. The van der Waals surface area contributed by atoms with E-state index in [0.29, 0.717) is 11.9 Å². The SMILES string of the molecule is COC(=O)Oc1ccc2c(c1)[C@]1(C)CCN(C)C1N2C. The molecule has 5 nitrogen and oxygen atoms in total. The number of hydrogen-bond donors (Lipinski definition) is 0. The number of carbonyl (C=O) groups is 1. The molecular weight excluding hydrogens is 256 g/mol. The lowest BCUT2D eigenvalue weighted by atomic mass is 9.81. The molecule has 1 unspecified atom stereocenters. The summed E-state index contributed by atoms with van der Waals surface area (Å²) in [6.07, 6.45) is 0.792. The van der Waals surface area contributed by atoms with Crippen LogP contribution in [0.5, 0.6) is 5.75 Å². The van der Waals surface area contributed by atoms with Crippen LogP contribution in [-0.4, -0.2) is 45.0 Å². The number of likely N-dealkylation sites (tertiary alicyclic amines) is 1. The molecule has 0 aliphatic carbocycles. The quantitative estimate of drug-likeness (QED) is 0.581. The van der Waals surface area contributed by atoms with E-state index in [9.17, 15) is 4.79 Å². The van der Waals surface area contributed by atoms with Crippen LogP contribution in [0.15, 0.2) is 18.2 Å². The molecule has 2 aliphatic rings. The molecular formula is C15H20N2O3. The maximum atomic E-state index is 11.2. The van der Waals surface area contributed by atoms with Gasteiger partial charge in [-0.25, -0.2) is 4.79 Å². The lowest BCUT2D eigenvalue weighted by Crippen LogP contribution is -2.45. The fourth-order valence-electron chi connectivity index (χ4n) is 3.76. The molecule has 0 radical (unpaired) electrons. The first-order chi connectivity index (χ1) is 9.47. The second-order valence-electron chi connectivity index (χ2n) is 5.87. The lowest BCUT2D eigenvalue weighted by molar-refractivity contribution is 0.121. The van der Waals surface area contributed by atoms with Gasteiger partial charge in [0.2, 0.25) is 0 Å². The average molecular weight is 276 g/mol. The predicted octanol–water partition coefficient (Wildman–Crippen LogP) is 2.20. The zero-order valence-electron chi connectivity index (χ0n) is 12.3. The Bertz CT molecular complexity index is 560. The van der Waals surface area contributed by atoms with Gasteiger partial charge in [0.15, 0.2) is 0 Å². The Kier molecular flexibility index (Phi) is 2.90. The van der Waals surface area contributed by atoms with Gasteiger partial charge in [-0.05, 0) is 37.2 Å². The first-order valence-electron chi connectivity index (χ1n) is 6.81. The number of fused-ring (bicyclic) bond motifs is 3. The molecule has 1 aromatic rings. The normalized spacial score (nSPS) is 28.2. The summed E-state index contributed by atoms with van der Waals surface area (Å²) in [5.41, 5.74) is 2.53. The molecule has 0 bridgehead atoms. The first kappa shape index (κ1) is 13.2. The third-order valence-electron chi connectivity index (χ3n) is 4.67. The number of rotatable bonds is 1. The van der Waals surface area contributed by atoms with Crippen LogP contribution >= 0.6 is 0 Å². The van der Waals surface area contributed by atoms with Crippen molar-refractivity contribution in [1.29, 1.82) is 0 Å². The van der Waals surface area contributed by atoms with Gasteiger partial charge >= 0.3 is 6.16 Å². The zero-order valence-corrected chi connectivity index (χ0v) is 12.3. The van der Waals surface area contributed by atoms with Gasteiger partial charge in [-0.2, -0.15) is 0 Å². The highest BCUT2D eigenvalue weighted by Gasteiger charge is 2.52. The number of likely N-dealkylation sites (N-methyl/N-ethyl adjacent to an activating group) is 2. The van der Waals surface area contributed by atoms with Crippen molar-refractivity contribution in [3.05, 3.63) is 23.8 Å². The van der Waals surface area contributed by atoms with E-state index < -0.39 is 6.16 Å². The van der Waals surface area contributed by atoms with Crippen LogP contribution in [0.1, 0.15) is 18.9 Å². The maximum absolute atomic E-state index is 11.2. The van der Waals surface area contributed by atoms with E-state index in [1.54, 1.807) is 0 Å².